The van der Waals surface area contributed by atoms with Gasteiger partial charge in [-0.1, -0.05) is 140 Å². The molecule has 240 valence electrons. The SMILES string of the molecule is C=Cc1c(/C=C\C)oc2ccc(N(c3ccc(C4(C5C=CC=CC5)c5ccccc5-c5ccccc54)cc3)c3cccc4ccccc34)cc12. The zero-order chi connectivity index (χ0) is 33.7. The van der Waals surface area contributed by atoms with E-state index in [1.807, 2.05) is 25.2 Å². The third-order valence-electron chi connectivity index (χ3n) is 10.6. The summed E-state index contributed by atoms with van der Waals surface area (Å²) in [5, 5.41) is 3.44. The maximum atomic E-state index is 6.26. The first-order valence-corrected chi connectivity index (χ1v) is 17.4. The quantitative estimate of drug-likeness (QED) is 0.172. The molecule has 0 saturated carbocycles. The van der Waals surface area contributed by atoms with Gasteiger partial charge >= 0.3 is 0 Å². The number of hydrogen-bond donors (Lipinski definition) is 0. The molecule has 2 nitrogen and oxygen atoms in total. The third kappa shape index (κ3) is 4.49. The van der Waals surface area contributed by atoms with Crippen molar-refractivity contribution in [2.24, 2.45) is 5.92 Å². The highest BCUT2D eigenvalue weighted by atomic mass is 16.3. The number of furan rings is 1. The van der Waals surface area contributed by atoms with Gasteiger partial charge in [-0.3, -0.25) is 0 Å². The van der Waals surface area contributed by atoms with Gasteiger partial charge in [-0.15, -0.1) is 0 Å². The van der Waals surface area contributed by atoms with Crippen LogP contribution in [0.15, 0.2) is 175 Å². The Morgan fingerprint density at radius 2 is 1.42 bits per heavy atom. The number of rotatable bonds is 7. The molecule has 1 aromatic heterocycles. The molecule has 2 aliphatic rings. The van der Waals surface area contributed by atoms with Crippen LogP contribution >= 0.6 is 0 Å². The minimum atomic E-state index is -0.311. The normalized spacial score (nSPS) is 15.8. The molecule has 2 aliphatic carbocycles. The third-order valence-corrected chi connectivity index (χ3v) is 10.6. The van der Waals surface area contributed by atoms with Gasteiger partial charge in [0.2, 0.25) is 0 Å². The first-order chi connectivity index (χ1) is 24.7. The van der Waals surface area contributed by atoms with Crippen LogP contribution < -0.4 is 4.90 Å². The molecule has 0 aliphatic heterocycles. The number of fused-ring (bicyclic) bond motifs is 5. The lowest BCUT2D eigenvalue weighted by atomic mass is 9.62. The van der Waals surface area contributed by atoms with Crippen molar-refractivity contribution in [2.45, 2.75) is 18.8 Å². The van der Waals surface area contributed by atoms with Gasteiger partial charge in [-0.25, -0.2) is 0 Å². The molecule has 0 saturated heterocycles. The van der Waals surface area contributed by atoms with E-state index in [0.717, 1.165) is 45.8 Å². The monoisotopic (exact) mass is 643 g/mol. The summed E-state index contributed by atoms with van der Waals surface area (Å²) in [5.41, 5.74) is 11.5. The fraction of sp³-hybridized carbons (Fsp3) is 0.0833. The van der Waals surface area contributed by atoms with Crippen LogP contribution in [-0.4, -0.2) is 0 Å². The van der Waals surface area contributed by atoms with Crippen molar-refractivity contribution in [2.75, 3.05) is 4.90 Å². The lowest BCUT2D eigenvalue weighted by Crippen LogP contribution is -2.35. The van der Waals surface area contributed by atoms with Gasteiger partial charge in [0.25, 0.3) is 0 Å². The highest BCUT2D eigenvalue weighted by Crippen LogP contribution is 2.58. The largest absolute Gasteiger partial charge is 0.456 e. The van der Waals surface area contributed by atoms with E-state index in [4.69, 9.17) is 4.42 Å². The number of nitrogens with zero attached hydrogens (tertiary/aromatic N) is 1. The lowest BCUT2D eigenvalue weighted by molar-refractivity contribution is 0.457. The standard InChI is InChI=1S/C48H37NO/c1-3-15-46-38(4-2)42-32-37(30-31-47(42)50-46)49(45-25-14-17-33-16-8-9-20-39(33)45)36-28-26-35(27-29-36)48(34-18-6-5-7-19-34)43-23-12-10-21-40(43)41-22-11-13-24-44(41)48/h3-18,20-32,34H,2,19H2,1H3/b15-3-. The first-order valence-electron chi connectivity index (χ1n) is 17.4. The van der Waals surface area contributed by atoms with Crippen molar-refractivity contribution in [3.05, 3.63) is 198 Å². The summed E-state index contributed by atoms with van der Waals surface area (Å²) in [6, 6.07) is 49.0. The van der Waals surface area contributed by atoms with Crippen LogP contribution in [-0.2, 0) is 5.41 Å². The van der Waals surface area contributed by atoms with Crippen LogP contribution in [0.5, 0.6) is 0 Å². The Labute approximate surface area is 293 Å². The second kappa shape index (κ2) is 12.1. The topological polar surface area (TPSA) is 16.4 Å². The van der Waals surface area contributed by atoms with Crippen LogP contribution in [0.25, 0.3) is 45.0 Å². The molecule has 1 atom stereocenters. The van der Waals surface area contributed by atoms with Gasteiger partial charge in [0.05, 0.1) is 11.1 Å². The molecule has 2 heteroatoms. The van der Waals surface area contributed by atoms with Crippen LogP contribution in [0.1, 0.15) is 41.4 Å². The van der Waals surface area contributed by atoms with Gasteiger partial charge in [0.15, 0.2) is 0 Å². The van der Waals surface area contributed by atoms with Gasteiger partial charge < -0.3 is 9.32 Å². The van der Waals surface area contributed by atoms with Crippen molar-refractivity contribution >= 4 is 51.0 Å². The fourth-order valence-electron chi connectivity index (χ4n) is 8.55. The van der Waals surface area contributed by atoms with E-state index in [-0.39, 0.29) is 11.3 Å². The van der Waals surface area contributed by atoms with E-state index >= 15 is 0 Å². The molecular weight excluding hydrogens is 607 g/mol. The molecule has 50 heavy (non-hydrogen) atoms. The van der Waals surface area contributed by atoms with Crippen LogP contribution in [0.3, 0.4) is 0 Å². The minimum absolute atomic E-state index is 0.282. The summed E-state index contributed by atoms with van der Waals surface area (Å²) in [5.74, 6) is 1.11. The van der Waals surface area contributed by atoms with Gasteiger partial charge in [0.1, 0.15) is 11.3 Å². The van der Waals surface area contributed by atoms with Crippen molar-refractivity contribution in [1.29, 1.82) is 0 Å². The average molecular weight is 644 g/mol. The molecule has 1 heterocycles. The van der Waals surface area contributed by atoms with E-state index in [2.05, 4.69) is 169 Å². The predicted octanol–water partition coefficient (Wildman–Crippen LogP) is 13.2. The molecule has 7 aromatic rings. The van der Waals surface area contributed by atoms with E-state index in [1.54, 1.807) is 0 Å². The van der Waals surface area contributed by atoms with E-state index in [1.165, 1.54) is 38.6 Å². The maximum Gasteiger partial charge on any atom is 0.135 e. The maximum absolute atomic E-state index is 6.26. The Hall–Kier alpha value is -6.12. The summed E-state index contributed by atoms with van der Waals surface area (Å²) in [7, 11) is 0. The van der Waals surface area contributed by atoms with Gasteiger partial charge in [-0.05, 0) is 94.9 Å². The molecule has 0 amide bonds. The lowest BCUT2D eigenvalue weighted by Gasteiger charge is -2.40. The van der Waals surface area contributed by atoms with Crippen molar-refractivity contribution in [3.8, 4) is 11.1 Å². The highest BCUT2D eigenvalue weighted by molar-refractivity contribution is 6.01. The number of benzene rings is 6. The second-order valence-electron chi connectivity index (χ2n) is 13.2. The number of hydrogen-bond acceptors (Lipinski definition) is 2. The molecule has 1 unspecified atom stereocenters. The smallest absolute Gasteiger partial charge is 0.135 e. The molecule has 0 bridgehead atoms. The van der Waals surface area contributed by atoms with Crippen molar-refractivity contribution in [1.82, 2.24) is 0 Å². The number of anilines is 3. The van der Waals surface area contributed by atoms with E-state index < -0.39 is 0 Å². The van der Waals surface area contributed by atoms with E-state index in [0.29, 0.717) is 0 Å². The summed E-state index contributed by atoms with van der Waals surface area (Å²) >= 11 is 0. The van der Waals surface area contributed by atoms with Crippen LogP contribution in [0.4, 0.5) is 17.1 Å². The van der Waals surface area contributed by atoms with Crippen LogP contribution in [0, 0.1) is 5.92 Å². The molecule has 0 spiro atoms. The summed E-state index contributed by atoms with van der Waals surface area (Å²) in [6.45, 7) is 6.14. The Morgan fingerprint density at radius 3 is 2.14 bits per heavy atom. The Morgan fingerprint density at radius 1 is 0.720 bits per heavy atom. The Kier molecular flexibility index (Phi) is 7.25. The summed E-state index contributed by atoms with van der Waals surface area (Å²) in [4.78, 5) is 2.38. The Bertz CT molecular complexity index is 2460. The zero-order valence-corrected chi connectivity index (χ0v) is 28.1. The molecule has 0 N–H and O–H groups in total. The minimum Gasteiger partial charge on any atom is -0.456 e. The molecule has 6 aromatic carbocycles. The van der Waals surface area contributed by atoms with Gasteiger partial charge in [-0.2, -0.15) is 0 Å². The van der Waals surface area contributed by atoms with Crippen molar-refractivity contribution in [3.63, 3.8) is 0 Å². The van der Waals surface area contributed by atoms with E-state index in [9.17, 15) is 0 Å². The fourth-order valence-corrected chi connectivity index (χ4v) is 8.55. The van der Waals surface area contributed by atoms with Gasteiger partial charge in [0, 0.05) is 27.7 Å². The summed E-state index contributed by atoms with van der Waals surface area (Å²) in [6.07, 6.45) is 16.0. The average Bonchev–Trinajstić information content (AvgIpc) is 3.68. The summed E-state index contributed by atoms with van der Waals surface area (Å²) < 4.78 is 6.26. The number of allylic oxidation sites excluding steroid dienone is 5. The van der Waals surface area contributed by atoms with Crippen molar-refractivity contribution < 1.29 is 4.42 Å². The van der Waals surface area contributed by atoms with Crippen LogP contribution in [0.2, 0.25) is 0 Å². The zero-order valence-electron chi connectivity index (χ0n) is 28.1. The molecule has 0 fully saturated rings. The highest BCUT2D eigenvalue weighted by Gasteiger charge is 2.48. The molecular formula is C48H37NO. The predicted molar refractivity (Wildman–Crippen MR) is 211 cm³/mol. The first kappa shape index (κ1) is 30.0. The molecule has 0 radical (unpaired) electrons. The Balaban J connectivity index is 1.26. The molecule has 9 rings (SSSR count). The second-order valence-corrected chi connectivity index (χ2v) is 13.2.